The zero-order chi connectivity index (χ0) is 15.0. The molecule has 2 N–H and O–H groups in total. The van der Waals surface area contributed by atoms with Gasteiger partial charge in [-0.15, -0.1) is 0 Å². The molecule has 1 heterocycles. The summed E-state index contributed by atoms with van der Waals surface area (Å²) in [5, 5.41) is 5.94. The first kappa shape index (κ1) is 14.5. The molecule has 1 saturated heterocycles. The first-order valence-corrected chi connectivity index (χ1v) is 7.91. The number of halogens is 1. The number of thiocarbonyl (C=S) groups is 1. The maximum atomic E-state index is 5.48. The van der Waals surface area contributed by atoms with Crippen molar-refractivity contribution in [3.8, 4) is 0 Å². The van der Waals surface area contributed by atoms with Gasteiger partial charge in [-0.2, -0.15) is 5.43 Å². The zero-order valence-electron chi connectivity index (χ0n) is 11.9. The fourth-order valence-electron chi connectivity index (χ4n) is 2.38. The maximum Gasteiger partial charge on any atom is 0.190 e. The molecule has 0 bridgehead atoms. The lowest BCUT2D eigenvalue weighted by molar-refractivity contribution is 0.389. The molecule has 1 fully saturated rings. The van der Waals surface area contributed by atoms with E-state index in [2.05, 4.69) is 76.9 Å². The van der Waals surface area contributed by atoms with Crippen molar-refractivity contribution in [2.45, 2.75) is 19.5 Å². The normalized spacial score (nSPS) is 21.5. The summed E-state index contributed by atoms with van der Waals surface area (Å²) < 4.78 is 1.05. The summed E-state index contributed by atoms with van der Waals surface area (Å²) in [6.07, 6.45) is 0. The van der Waals surface area contributed by atoms with Gasteiger partial charge in [-0.3, -0.25) is 0 Å². The molecule has 1 atom stereocenters. The van der Waals surface area contributed by atoms with E-state index < -0.39 is 5.66 Å². The molecule has 0 amide bonds. The van der Waals surface area contributed by atoms with Crippen molar-refractivity contribution in [3.63, 3.8) is 0 Å². The lowest BCUT2D eigenvalue weighted by Gasteiger charge is -2.26. The van der Waals surface area contributed by atoms with E-state index in [0.29, 0.717) is 5.11 Å². The van der Waals surface area contributed by atoms with Crippen LogP contribution < -0.4 is 15.8 Å². The van der Waals surface area contributed by atoms with Crippen LogP contribution in [0, 0.1) is 6.92 Å². The molecule has 0 unspecified atom stereocenters. The van der Waals surface area contributed by atoms with Crippen LogP contribution >= 0.6 is 28.1 Å². The van der Waals surface area contributed by atoms with Gasteiger partial charge in [0.05, 0.1) is 5.69 Å². The highest BCUT2D eigenvalue weighted by Gasteiger charge is 2.38. The highest BCUT2D eigenvalue weighted by Crippen LogP contribution is 2.28. The fourth-order valence-corrected chi connectivity index (χ4v) is 3.14. The molecule has 108 valence electrons. The van der Waals surface area contributed by atoms with Gasteiger partial charge < -0.3 is 5.32 Å². The van der Waals surface area contributed by atoms with E-state index in [4.69, 9.17) is 12.2 Å². The smallest absolute Gasteiger partial charge is 0.190 e. The summed E-state index contributed by atoms with van der Waals surface area (Å²) in [5.41, 5.74) is 6.40. The fraction of sp³-hybridized carbons (Fsp3) is 0.188. The monoisotopic (exact) mass is 361 g/mol. The van der Waals surface area contributed by atoms with Crippen LogP contribution in [0.5, 0.6) is 0 Å². The first-order valence-electron chi connectivity index (χ1n) is 6.71. The van der Waals surface area contributed by atoms with E-state index in [0.717, 1.165) is 15.7 Å². The summed E-state index contributed by atoms with van der Waals surface area (Å²) in [7, 11) is 0. The minimum atomic E-state index is -0.425. The van der Waals surface area contributed by atoms with Crippen molar-refractivity contribution >= 4 is 38.9 Å². The minimum absolute atomic E-state index is 0.425. The van der Waals surface area contributed by atoms with Crippen molar-refractivity contribution in [2.75, 3.05) is 5.01 Å². The van der Waals surface area contributed by atoms with Crippen molar-refractivity contribution in [1.29, 1.82) is 0 Å². The van der Waals surface area contributed by atoms with E-state index in [-0.39, 0.29) is 0 Å². The average Bonchev–Trinajstić information content (AvgIpc) is 2.76. The number of benzene rings is 2. The number of aryl methyl sites for hydroxylation is 1. The molecule has 5 heteroatoms. The molecule has 21 heavy (non-hydrogen) atoms. The number of nitrogens with zero attached hydrogens (tertiary/aromatic N) is 1. The van der Waals surface area contributed by atoms with Gasteiger partial charge >= 0.3 is 0 Å². The third-order valence-corrected chi connectivity index (χ3v) is 4.37. The second-order valence-corrected chi connectivity index (χ2v) is 6.65. The molecule has 1 aliphatic heterocycles. The van der Waals surface area contributed by atoms with E-state index in [9.17, 15) is 0 Å². The van der Waals surface area contributed by atoms with Crippen molar-refractivity contribution in [1.82, 2.24) is 10.7 Å². The standard InChI is InChI=1S/C16H16BrN3S/c1-11-6-8-14(9-7-11)20-15(21)18-16(2,19-20)12-4-3-5-13(17)10-12/h3-10,19H,1-2H3,(H,18,21)/t16-/m1/s1. The van der Waals surface area contributed by atoms with Crippen LogP contribution in [-0.2, 0) is 5.66 Å². The summed E-state index contributed by atoms with van der Waals surface area (Å²) in [6, 6.07) is 16.5. The number of nitrogens with one attached hydrogen (secondary N) is 2. The second kappa shape index (κ2) is 5.40. The largest absolute Gasteiger partial charge is 0.338 e. The lowest BCUT2D eigenvalue weighted by atomic mass is 10.0. The van der Waals surface area contributed by atoms with Gasteiger partial charge in [-0.1, -0.05) is 45.8 Å². The van der Waals surface area contributed by atoms with Crippen LogP contribution in [0.3, 0.4) is 0 Å². The minimum Gasteiger partial charge on any atom is -0.338 e. The molecule has 2 aromatic carbocycles. The summed E-state index contributed by atoms with van der Waals surface area (Å²) in [4.78, 5) is 0. The van der Waals surface area contributed by atoms with E-state index in [1.54, 1.807) is 0 Å². The molecule has 0 spiro atoms. The Morgan fingerprint density at radius 1 is 1.14 bits per heavy atom. The van der Waals surface area contributed by atoms with Crippen LogP contribution in [0.4, 0.5) is 5.69 Å². The van der Waals surface area contributed by atoms with Gasteiger partial charge in [0, 0.05) is 4.47 Å². The Balaban J connectivity index is 1.92. The van der Waals surface area contributed by atoms with Crippen LogP contribution in [0.15, 0.2) is 53.0 Å². The quantitative estimate of drug-likeness (QED) is 0.794. The second-order valence-electron chi connectivity index (χ2n) is 5.35. The van der Waals surface area contributed by atoms with Crippen molar-refractivity contribution in [2.24, 2.45) is 0 Å². The van der Waals surface area contributed by atoms with Gasteiger partial charge in [0.1, 0.15) is 5.66 Å². The topological polar surface area (TPSA) is 27.3 Å². The van der Waals surface area contributed by atoms with E-state index in [1.165, 1.54) is 5.56 Å². The van der Waals surface area contributed by atoms with Crippen LogP contribution in [0.25, 0.3) is 0 Å². The summed E-state index contributed by atoms with van der Waals surface area (Å²) in [5.74, 6) is 0. The highest BCUT2D eigenvalue weighted by molar-refractivity contribution is 9.10. The van der Waals surface area contributed by atoms with Crippen molar-refractivity contribution in [3.05, 3.63) is 64.1 Å². The Bertz CT molecular complexity index is 686. The molecule has 0 aliphatic carbocycles. The number of anilines is 1. The number of rotatable bonds is 2. The van der Waals surface area contributed by atoms with Gasteiger partial charge in [-0.05, 0) is 55.9 Å². The molecular formula is C16H16BrN3S. The predicted octanol–water partition coefficient (Wildman–Crippen LogP) is 3.83. The van der Waals surface area contributed by atoms with E-state index >= 15 is 0 Å². The Morgan fingerprint density at radius 2 is 1.86 bits per heavy atom. The maximum absolute atomic E-state index is 5.48. The molecule has 3 rings (SSSR count). The molecule has 0 radical (unpaired) electrons. The molecule has 0 aromatic heterocycles. The lowest BCUT2D eigenvalue weighted by Crippen LogP contribution is -2.45. The Kier molecular flexibility index (Phi) is 3.73. The van der Waals surface area contributed by atoms with Gasteiger partial charge in [0.2, 0.25) is 0 Å². The SMILES string of the molecule is Cc1ccc(N2N[C@](C)(c3cccc(Br)c3)NC2=S)cc1. The first-order chi connectivity index (χ1) is 9.98. The third kappa shape index (κ3) is 2.81. The summed E-state index contributed by atoms with van der Waals surface area (Å²) in [6.45, 7) is 4.15. The number of hydrazine groups is 1. The zero-order valence-corrected chi connectivity index (χ0v) is 14.3. The van der Waals surface area contributed by atoms with Crippen LogP contribution in [0.1, 0.15) is 18.1 Å². The van der Waals surface area contributed by atoms with Crippen LogP contribution in [0.2, 0.25) is 0 Å². The van der Waals surface area contributed by atoms with Gasteiger partial charge in [0.25, 0.3) is 0 Å². The van der Waals surface area contributed by atoms with Gasteiger partial charge in [0.15, 0.2) is 5.11 Å². The molecule has 3 nitrogen and oxygen atoms in total. The predicted molar refractivity (Wildman–Crippen MR) is 94.0 cm³/mol. The van der Waals surface area contributed by atoms with Crippen LogP contribution in [-0.4, -0.2) is 5.11 Å². The highest BCUT2D eigenvalue weighted by atomic mass is 79.9. The Labute approximate surface area is 138 Å². The molecule has 0 saturated carbocycles. The Hall–Kier alpha value is -1.43. The van der Waals surface area contributed by atoms with Gasteiger partial charge in [-0.25, -0.2) is 5.01 Å². The average molecular weight is 362 g/mol. The third-order valence-electron chi connectivity index (χ3n) is 3.59. The Morgan fingerprint density at radius 3 is 2.52 bits per heavy atom. The number of hydrogen-bond donors (Lipinski definition) is 2. The number of hydrogen-bond acceptors (Lipinski definition) is 2. The molecule has 1 aliphatic rings. The molecule has 2 aromatic rings. The van der Waals surface area contributed by atoms with Crippen molar-refractivity contribution < 1.29 is 0 Å². The molecular weight excluding hydrogens is 346 g/mol. The summed E-state index contributed by atoms with van der Waals surface area (Å²) >= 11 is 8.99. The van der Waals surface area contributed by atoms with E-state index in [1.807, 2.05) is 17.1 Å².